The van der Waals surface area contributed by atoms with Crippen molar-refractivity contribution in [2.45, 2.75) is 6.54 Å². The van der Waals surface area contributed by atoms with E-state index >= 15 is 0 Å². The lowest BCUT2D eigenvalue weighted by atomic mass is 10.2. The molecule has 0 amide bonds. The summed E-state index contributed by atoms with van der Waals surface area (Å²) in [5.41, 5.74) is 2.31. The lowest BCUT2D eigenvalue weighted by molar-refractivity contribution is 0.363. The highest BCUT2D eigenvalue weighted by Gasteiger charge is 1.96. The Balaban J connectivity index is 1.91. The molecular weight excluding hydrogens is 302 g/mol. The van der Waals surface area contributed by atoms with Gasteiger partial charge in [-0.3, -0.25) is 0 Å². The van der Waals surface area contributed by atoms with Gasteiger partial charge in [0.1, 0.15) is 12.4 Å². The van der Waals surface area contributed by atoms with Crippen LogP contribution in [0.1, 0.15) is 5.56 Å². The van der Waals surface area contributed by atoms with Crippen LogP contribution in [0.15, 0.2) is 65.7 Å². The van der Waals surface area contributed by atoms with E-state index in [2.05, 4.69) is 46.0 Å². The molecule has 98 valence electrons. The molecule has 2 rings (SSSR count). The Hall–Kier alpha value is -1.74. The smallest absolute Gasteiger partial charge is 0.119 e. The van der Waals surface area contributed by atoms with E-state index in [9.17, 15) is 0 Å². The summed E-state index contributed by atoms with van der Waals surface area (Å²) < 4.78 is 6.52. The van der Waals surface area contributed by atoms with Crippen LogP contribution in [0, 0.1) is 0 Å². The molecule has 0 heterocycles. The van der Waals surface area contributed by atoms with Gasteiger partial charge in [-0.15, -0.1) is 0 Å². The molecular formula is C16H16BrNO. The Morgan fingerprint density at radius 2 is 1.95 bits per heavy atom. The van der Waals surface area contributed by atoms with Gasteiger partial charge in [0.05, 0.1) is 0 Å². The van der Waals surface area contributed by atoms with Gasteiger partial charge < -0.3 is 10.1 Å². The van der Waals surface area contributed by atoms with E-state index in [4.69, 9.17) is 4.74 Å². The average molecular weight is 318 g/mol. The van der Waals surface area contributed by atoms with Crippen LogP contribution in [0.5, 0.6) is 5.75 Å². The number of benzene rings is 2. The van der Waals surface area contributed by atoms with Gasteiger partial charge in [0.15, 0.2) is 0 Å². The van der Waals surface area contributed by atoms with Crippen LogP contribution in [0.25, 0.3) is 0 Å². The number of nitrogens with one attached hydrogen (secondary N) is 1. The maximum atomic E-state index is 5.44. The summed E-state index contributed by atoms with van der Waals surface area (Å²) >= 11 is 3.46. The van der Waals surface area contributed by atoms with Crippen LogP contribution in [0.4, 0.5) is 5.69 Å². The lowest BCUT2D eigenvalue weighted by Gasteiger charge is -2.08. The molecule has 0 aliphatic heterocycles. The van der Waals surface area contributed by atoms with E-state index < -0.39 is 0 Å². The molecule has 2 nitrogen and oxygen atoms in total. The molecule has 0 fully saturated rings. The highest BCUT2D eigenvalue weighted by Crippen LogP contribution is 2.17. The van der Waals surface area contributed by atoms with Crippen LogP contribution < -0.4 is 10.1 Å². The maximum absolute atomic E-state index is 5.44. The second kappa shape index (κ2) is 7.00. The molecule has 0 unspecified atom stereocenters. The van der Waals surface area contributed by atoms with Crippen molar-refractivity contribution in [3.63, 3.8) is 0 Å². The Morgan fingerprint density at radius 1 is 1.16 bits per heavy atom. The molecule has 19 heavy (non-hydrogen) atoms. The average Bonchev–Trinajstić information content (AvgIpc) is 2.44. The molecule has 0 atom stereocenters. The van der Waals surface area contributed by atoms with Crippen molar-refractivity contribution in [2.75, 3.05) is 11.9 Å². The summed E-state index contributed by atoms with van der Waals surface area (Å²) in [6.07, 6.45) is 1.74. The third kappa shape index (κ3) is 4.45. The van der Waals surface area contributed by atoms with Crippen LogP contribution in [0.2, 0.25) is 0 Å². The maximum Gasteiger partial charge on any atom is 0.119 e. The van der Waals surface area contributed by atoms with Gasteiger partial charge in [0.25, 0.3) is 0 Å². The molecule has 0 bridgehead atoms. The predicted molar refractivity (Wildman–Crippen MR) is 83.6 cm³/mol. The van der Waals surface area contributed by atoms with Gasteiger partial charge in [0, 0.05) is 16.7 Å². The number of halogens is 1. The highest BCUT2D eigenvalue weighted by molar-refractivity contribution is 9.10. The molecule has 0 aliphatic carbocycles. The van der Waals surface area contributed by atoms with Gasteiger partial charge in [-0.05, 0) is 35.9 Å². The zero-order valence-electron chi connectivity index (χ0n) is 10.6. The second-order valence-corrected chi connectivity index (χ2v) is 5.02. The third-order valence-electron chi connectivity index (χ3n) is 2.61. The molecule has 0 radical (unpaired) electrons. The summed E-state index contributed by atoms with van der Waals surface area (Å²) in [4.78, 5) is 0. The van der Waals surface area contributed by atoms with Crippen molar-refractivity contribution in [1.82, 2.24) is 0 Å². The summed E-state index contributed by atoms with van der Waals surface area (Å²) in [6.45, 7) is 4.95. The molecule has 2 aromatic rings. The van der Waals surface area contributed by atoms with Crippen molar-refractivity contribution in [2.24, 2.45) is 0 Å². The fourth-order valence-electron chi connectivity index (χ4n) is 1.66. The topological polar surface area (TPSA) is 21.3 Å². The third-order valence-corrected chi connectivity index (χ3v) is 3.11. The van der Waals surface area contributed by atoms with Gasteiger partial charge in [0.2, 0.25) is 0 Å². The summed E-state index contributed by atoms with van der Waals surface area (Å²) in [5, 5.41) is 3.38. The van der Waals surface area contributed by atoms with Crippen molar-refractivity contribution >= 4 is 21.6 Å². The van der Waals surface area contributed by atoms with E-state index in [1.807, 2.05) is 30.3 Å². The van der Waals surface area contributed by atoms with Gasteiger partial charge >= 0.3 is 0 Å². The first-order valence-electron chi connectivity index (χ1n) is 6.10. The van der Waals surface area contributed by atoms with Gasteiger partial charge in [-0.1, -0.05) is 46.8 Å². The van der Waals surface area contributed by atoms with E-state index in [0.29, 0.717) is 6.61 Å². The first kappa shape index (κ1) is 13.7. The lowest BCUT2D eigenvalue weighted by Crippen LogP contribution is -1.99. The molecule has 0 spiro atoms. The zero-order chi connectivity index (χ0) is 13.5. The molecule has 3 heteroatoms. The normalized spacial score (nSPS) is 9.95. The highest BCUT2D eigenvalue weighted by atomic mass is 79.9. The minimum Gasteiger partial charge on any atom is -0.490 e. The number of hydrogen-bond donors (Lipinski definition) is 1. The van der Waals surface area contributed by atoms with Crippen molar-refractivity contribution < 1.29 is 4.74 Å². The van der Waals surface area contributed by atoms with Crippen molar-refractivity contribution in [3.8, 4) is 5.75 Å². The molecule has 0 aromatic heterocycles. The summed E-state index contributed by atoms with van der Waals surface area (Å²) in [5.74, 6) is 0.867. The number of ether oxygens (including phenoxy) is 1. The van der Waals surface area contributed by atoms with E-state index in [0.717, 1.165) is 22.5 Å². The largest absolute Gasteiger partial charge is 0.490 e. The fourth-order valence-corrected chi connectivity index (χ4v) is 2.06. The second-order valence-electron chi connectivity index (χ2n) is 4.11. The monoisotopic (exact) mass is 317 g/mol. The van der Waals surface area contributed by atoms with Gasteiger partial charge in [-0.25, -0.2) is 0 Å². The Bertz CT molecular complexity index is 537. The van der Waals surface area contributed by atoms with Crippen molar-refractivity contribution in [1.29, 1.82) is 0 Å². The number of rotatable bonds is 6. The van der Waals surface area contributed by atoms with Crippen LogP contribution in [-0.2, 0) is 6.54 Å². The van der Waals surface area contributed by atoms with Crippen LogP contribution in [-0.4, -0.2) is 6.61 Å². The number of anilines is 1. The number of hydrogen-bond acceptors (Lipinski definition) is 2. The molecule has 2 aromatic carbocycles. The molecule has 0 aliphatic rings. The zero-order valence-corrected chi connectivity index (χ0v) is 12.2. The Kier molecular flexibility index (Phi) is 5.04. The quantitative estimate of drug-likeness (QED) is 0.784. The molecule has 1 N–H and O–H groups in total. The minimum absolute atomic E-state index is 0.537. The van der Waals surface area contributed by atoms with Crippen molar-refractivity contribution in [3.05, 3.63) is 71.2 Å². The fraction of sp³-hybridized carbons (Fsp3) is 0.125. The molecule has 0 saturated heterocycles. The van der Waals surface area contributed by atoms with Crippen LogP contribution in [0.3, 0.4) is 0 Å². The Morgan fingerprint density at radius 3 is 2.63 bits per heavy atom. The van der Waals surface area contributed by atoms with Gasteiger partial charge in [-0.2, -0.15) is 0 Å². The Labute approximate surface area is 122 Å². The minimum atomic E-state index is 0.537. The predicted octanol–water partition coefficient (Wildman–Crippen LogP) is 4.63. The van der Waals surface area contributed by atoms with E-state index in [1.54, 1.807) is 6.08 Å². The standard InChI is InChI=1S/C16H16BrNO/c1-2-10-19-16-8-6-13(7-9-16)12-18-15-5-3-4-14(17)11-15/h2-9,11,18H,1,10,12H2. The summed E-state index contributed by atoms with van der Waals surface area (Å²) in [7, 11) is 0. The van der Waals surface area contributed by atoms with E-state index in [1.165, 1.54) is 5.56 Å². The SMILES string of the molecule is C=CCOc1ccc(CNc2cccc(Br)c2)cc1. The summed E-state index contributed by atoms with van der Waals surface area (Å²) in [6, 6.07) is 16.2. The first-order chi connectivity index (χ1) is 9.28. The first-order valence-corrected chi connectivity index (χ1v) is 6.89. The molecule has 0 saturated carbocycles. The van der Waals surface area contributed by atoms with E-state index in [-0.39, 0.29) is 0 Å². The van der Waals surface area contributed by atoms with Crippen LogP contribution >= 0.6 is 15.9 Å².